The van der Waals surface area contributed by atoms with Gasteiger partial charge in [0.25, 0.3) is 12.4 Å². The molecule has 0 spiro atoms. The highest BCUT2D eigenvalue weighted by Gasteiger charge is 1.88. The van der Waals surface area contributed by atoms with Gasteiger partial charge in [-0.3, -0.25) is 0 Å². The van der Waals surface area contributed by atoms with Crippen molar-refractivity contribution in [2.24, 2.45) is 0 Å². The topological polar surface area (TPSA) is 82.0 Å². The molecule has 11 heavy (non-hydrogen) atoms. The molecule has 0 fully saturated rings. The van der Waals surface area contributed by atoms with Crippen LogP contribution in [0.4, 0.5) is 0 Å². The van der Waals surface area contributed by atoms with Crippen molar-refractivity contribution in [2.75, 3.05) is 13.2 Å². The Kier molecular flexibility index (Phi) is 7.71. The molecule has 0 bridgehead atoms. The maximum Gasteiger partial charge on any atom is 0.259 e. The fourth-order valence-electron chi connectivity index (χ4n) is 0.490. The molecule has 5 nitrogen and oxygen atoms in total. The van der Waals surface area contributed by atoms with E-state index in [1.54, 1.807) is 0 Å². The van der Waals surface area contributed by atoms with Crippen LogP contribution in [0.5, 0.6) is 0 Å². The molecule has 0 aromatic heterocycles. The third-order valence-electron chi connectivity index (χ3n) is 0.946. The van der Waals surface area contributed by atoms with E-state index >= 15 is 0 Å². The van der Waals surface area contributed by atoms with Crippen LogP contribution in [0.15, 0.2) is 0 Å². The standard InChI is InChI=1S/C6H10N4O/c7-9-3-1-5-11-6-2-4-10-8/h3-4H,1-2,5-6H2. The molecular formula is C6H10N4O. The predicted octanol–water partition coefficient (Wildman–Crippen LogP) is 0.384. The molecule has 60 valence electrons. The highest BCUT2D eigenvalue weighted by molar-refractivity contribution is 5.50. The molecule has 5 heteroatoms. The van der Waals surface area contributed by atoms with Crippen molar-refractivity contribution in [3.8, 4) is 0 Å². The van der Waals surface area contributed by atoms with Gasteiger partial charge in [-0.1, -0.05) is 0 Å². The molecule has 0 aliphatic rings. The van der Waals surface area contributed by atoms with Gasteiger partial charge in [-0.05, 0) is 0 Å². The summed E-state index contributed by atoms with van der Waals surface area (Å²) in [5.74, 6) is 0. The Labute approximate surface area is 64.8 Å². The average Bonchev–Trinajstić information content (AvgIpc) is 2.03. The largest absolute Gasteiger partial charge is 0.380 e. The molecule has 0 atom stereocenters. The molecule has 0 heterocycles. The van der Waals surface area contributed by atoms with Gasteiger partial charge >= 0.3 is 0 Å². The van der Waals surface area contributed by atoms with Crippen molar-refractivity contribution in [3.05, 3.63) is 11.1 Å². The summed E-state index contributed by atoms with van der Waals surface area (Å²) in [7, 11) is 0. The Hall–Kier alpha value is -1.28. The minimum Gasteiger partial charge on any atom is -0.380 e. The lowest BCUT2D eigenvalue weighted by molar-refractivity contribution is -0.00360. The van der Waals surface area contributed by atoms with Crippen LogP contribution >= 0.6 is 0 Å². The van der Waals surface area contributed by atoms with Crippen LogP contribution in [0.1, 0.15) is 12.8 Å². The molecule has 0 N–H and O–H groups in total. The predicted molar refractivity (Wildman–Crippen MR) is 39.4 cm³/mol. The van der Waals surface area contributed by atoms with E-state index in [-0.39, 0.29) is 0 Å². The smallest absolute Gasteiger partial charge is 0.259 e. The normalized spacial score (nSPS) is 8.00. The van der Waals surface area contributed by atoms with Gasteiger partial charge in [0.15, 0.2) is 0 Å². The van der Waals surface area contributed by atoms with Gasteiger partial charge in [-0.2, -0.15) is 9.58 Å². The van der Waals surface area contributed by atoms with Crippen LogP contribution in [0.3, 0.4) is 0 Å². The Morgan fingerprint density at radius 1 is 1.00 bits per heavy atom. The summed E-state index contributed by atoms with van der Waals surface area (Å²) in [6.07, 6.45) is 3.90. The van der Waals surface area contributed by atoms with E-state index < -0.39 is 0 Å². The fourth-order valence-corrected chi connectivity index (χ4v) is 0.490. The first kappa shape index (κ1) is 9.72. The van der Waals surface area contributed by atoms with E-state index in [2.05, 4.69) is 9.58 Å². The summed E-state index contributed by atoms with van der Waals surface area (Å²) in [5, 5.41) is 0. The van der Waals surface area contributed by atoms with Gasteiger partial charge < -0.3 is 15.8 Å². The summed E-state index contributed by atoms with van der Waals surface area (Å²) in [5.41, 5.74) is 15.9. The van der Waals surface area contributed by atoms with Gasteiger partial charge in [-0.25, -0.2) is 0 Å². The van der Waals surface area contributed by atoms with Crippen molar-refractivity contribution in [1.82, 2.24) is 0 Å². The first-order valence-corrected chi connectivity index (χ1v) is 3.31. The van der Waals surface area contributed by atoms with Gasteiger partial charge in [0.1, 0.15) is 0 Å². The monoisotopic (exact) mass is 154 g/mol. The van der Waals surface area contributed by atoms with Crippen molar-refractivity contribution in [1.29, 1.82) is 0 Å². The van der Waals surface area contributed by atoms with Crippen molar-refractivity contribution < 1.29 is 14.3 Å². The van der Waals surface area contributed by atoms with E-state index in [1.165, 1.54) is 12.4 Å². The van der Waals surface area contributed by atoms with Crippen LogP contribution in [-0.2, 0) is 4.74 Å². The average molecular weight is 154 g/mol. The zero-order valence-corrected chi connectivity index (χ0v) is 6.18. The summed E-state index contributed by atoms with van der Waals surface area (Å²) in [4.78, 5) is 5.60. The Balaban J connectivity index is 3.02. The lowest BCUT2D eigenvalue weighted by atomic mass is 10.5. The lowest BCUT2D eigenvalue weighted by Crippen LogP contribution is -1.98. The van der Waals surface area contributed by atoms with Crippen molar-refractivity contribution >= 4 is 12.4 Å². The zero-order chi connectivity index (χ0) is 8.36. The number of nitrogens with zero attached hydrogens (tertiary/aromatic N) is 4. The molecule has 0 radical (unpaired) electrons. The molecule has 0 aromatic carbocycles. The molecule has 0 saturated heterocycles. The Morgan fingerprint density at radius 3 is 1.82 bits per heavy atom. The molecule has 0 aliphatic heterocycles. The second-order valence-electron chi connectivity index (χ2n) is 1.79. The number of rotatable bonds is 6. The molecule has 0 saturated carbocycles. The quantitative estimate of drug-likeness (QED) is 0.235. The SMILES string of the molecule is [N-]=[N+]=CCCOCCC=[N+]=[N-]. The molecule has 0 rings (SSSR count). The highest BCUT2D eigenvalue weighted by Crippen LogP contribution is 1.80. The van der Waals surface area contributed by atoms with Crippen LogP contribution in [0, 0.1) is 0 Å². The van der Waals surface area contributed by atoms with Crippen LogP contribution < -0.4 is 0 Å². The van der Waals surface area contributed by atoms with E-state index in [1.807, 2.05) is 0 Å². The molecule has 0 unspecified atom stereocenters. The summed E-state index contributed by atoms with van der Waals surface area (Å²) < 4.78 is 5.03. The van der Waals surface area contributed by atoms with Gasteiger partial charge in [0, 0.05) is 0 Å². The third kappa shape index (κ3) is 8.72. The van der Waals surface area contributed by atoms with Gasteiger partial charge in [-0.15, -0.1) is 0 Å². The maximum absolute atomic E-state index is 7.97. The lowest BCUT2D eigenvalue weighted by Gasteiger charge is -1.93. The number of hydrogen-bond donors (Lipinski definition) is 0. The molecule has 0 amide bonds. The third-order valence-corrected chi connectivity index (χ3v) is 0.946. The number of hydrogen-bond acceptors (Lipinski definition) is 1. The van der Waals surface area contributed by atoms with Gasteiger partial charge in [0.2, 0.25) is 0 Å². The van der Waals surface area contributed by atoms with E-state index in [9.17, 15) is 0 Å². The minimum absolute atomic E-state index is 0.517. The van der Waals surface area contributed by atoms with Crippen molar-refractivity contribution in [3.63, 3.8) is 0 Å². The van der Waals surface area contributed by atoms with E-state index in [0.717, 1.165) is 0 Å². The van der Waals surface area contributed by atoms with E-state index in [4.69, 9.17) is 15.8 Å². The first-order chi connectivity index (χ1) is 5.41. The molecular weight excluding hydrogens is 144 g/mol. The van der Waals surface area contributed by atoms with Gasteiger partial charge in [0.05, 0.1) is 26.1 Å². The maximum atomic E-state index is 7.97. The highest BCUT2D eigenvalue weighted by atomic mass is 16.5. The van der Waals surface area contributed by atoms with Crippen LogP contribution in [0.25, 0.3) is 11.1 Å². The van der Waals surface area contributed by atoms with Crippen molar-refractivity contribution in [2.45, 2.75) is 12.8 Å². The Bertz CT molecular complexity index is 159. The molecule has 0 aromatic rings. The van der Waals surface area contributed by atoms with Crippen LogP contribution in [0.2, 0.25) is 0 Å². The summed E-state index contributed by atoms with van der Waals surface area (Å²) >= 11 is 0. The second-order valence-corrected chi connectivity index (χ2v) is 1.79. The van der Waals surface area contributed by atoms with E-state index in [0.29, 0.717) is 26.1 Å². The second kappa shape index (κ2) is 8.72. The zero-order valence-electron chi connectivity index (χ0n) is 6.18. The summed E-state index contributed by atoms with van der Waals surface area (Å²) in [6, 6.07) is 0. The molecule has 0 aliphatic carbocycles. The summed E-state index contributed by atoms with van der Waals surface area (Å²) in [6.45, 7) is 1.03. The van der Waals surface area contributed by atoms with Crippen LogP contribution in [-0.4, -0.2) is 35.2 Å². The minimum atomic E-state index is 0.517. The Morgan fingerprint density at radius 2 is 1.45 bits per heavy atom. The first-order valence-electron chi connectivity index (χ1n) is 3.31. The fraction of sp³-hybridized carbons (Fsp3) is 0.667. The number of ether oxygens (including phenoxy) is 1.